The number of hydrazone groups is 1. The molecule has 0 unspecified atom stereocenters. The van der Waals surface area contributed by atoms with Crippen molar-refractivity contribution in [1.82, 2.24) is 14.8 Å². The molecule has 21 heavy (non-hydrogen) atoms. The lowest BCUT2D eigenvalue weighted by Crippen LogP contribution is -2.22. The average molecular weight is 284 g/mol. The number of nitrogens with zero attached hydrogens (tertiary/aromatic N) is 3. The zero-order valence-corrected chi connectivity index (χ0v) is 12.5. The Morgan fingerprint density at radius 2 is 2.00 bits per heavy atom. The number of imidazole rings is 1. The van der Waals surface area contributed by atoms with Gasteiger partial charge in [-0.05, 0) is 51.2 Å². The predicted octanol–water partition coefficient (Wildman–Crippen LogP) is 3.00. The van der Waals surface area contributed by atoms with Crippen LogP contribution in [-0.2, 0) is 0 Å². The number of nitrogens with one attached hydrogen (secondary N) is 1. The summed E-state index contributed by atoms with van der Waals surface area (Å²) in [5.74, 6) is -0.191. The number of amides is 1. The first-order chi connectivity index (χ1) is 10.1. The number of carbonyl (C=O) groups is 1. The highest BCUT2D eigenvalue weighted by Gasteiger charge is 2.16. The van der Waals surface area contributed by atoms with Gasteiger partial charge in [-0.25, -0.2) is 10.4 Å². The number of carbonyl (C=O) groups excluding carboxylic acids is 1. The molecule has 0 radical (unpaired) electrons. The Kier molecular flexibility index (Phi) is 3.73. The van der Waals surface area contributed by atoms with Gasteiger partial charge in [0.05, 0.1) is 5.69 Å². The zero-order chi connectivity index (χ0) is 14.8. The van der Waals surface area contributed by atoms with E-state index in [1.807, 2.05) is 36.6 Å². The number of rotatable bonds is 2. The molecule has 1 N–H and O–H groups in total. The molecular formula is C16H20N4O. The van der Waals surface area contributed by atoms with Gasteiger partial charge >= 0.3 is 0 Å². The third-order valence-corrected chi connectivity index (χ3v) is 3.90. The Hall–Kier alpha value is -2.17. The molecule has 1 amide bonds. The van der Waals surface area contributed by atoms with Crippen LogP contribution in [0.15, 0.2) is 23.4 Å². The van der Waals surface area contributed by atoms with Crippen molar-refractivity contribution in [2.75, 3.05) is 0 Å². The van der Waals surface area contributed by atoms with Gasteiger partial charge in [0, 0.05) is 11.9 Å². The summed E-state index contributed by atoms with van der Waals surface area (Å²) in [5.41, 5.74) is 6.95. The lowest BCUT2D eigenvalue weighted by atomic mass is 9.99. The van der Waals surface area contributed by atoms with E-state index in [9.17, 15) is 4.79 Å². The van der Waals surface area contributed by atoms with Gasteiger partial charge in [-0.2, -0.15) is 5.10 Å². The summed E-state index contributed by atoms with van der Waals surface area (Å²) in [6.45, 7) is 3.85. The number of aromatic nitrogens is 2. The smallest absolute Gasteiger partial charge is 0.290 e. The van der Waals surface area contributed by atoms with E-state index < -0.39 is 0 Å². The summed E-state index contributed by atoms with van der Waals surface area (Å²) in [6, 6.07) is 3.91. The Labute approximate surface area is 124 Å². The number of hydrogen-bond acceptors (Lipinski definition) is 3. The lowest BCUT2D eigenvalue weighted by Gasteiger charge is -2.12. The number of fused-ring (bicyclic) bond motifs is 1. The molecule has 0 spiro atoms. The van der Waals surface area contributed by atoms with Crippen molar-refractivity contribution in [2.45, 2.75) is 46.0 Å². The van der Waals surface area contributed by atoms with Crippen LogP contribution in [0, 0.1) is 13.8 Å². The highest BCUT2D eigenvalue weighted by atomic mass is 16.2. The van der Waals surface area contributed by atoms with Gasteiger partial charge in [-0.15, -0.1) is 0 Å². The summed E-state index contributed by atoms with van der Waals surface area (Å²) in [5, 5.41) is 4.29. The molecule has 1 aliphatic carbocycles. The van der Waals surface area contributed by atoms with Crippen molar-refractivity contribution >= 4 is 17.3 Å². The van der Waals surface area contributed by atoms with Gasteiger partial charge < -0.3 is 0 Å². The van der Waals surface area contributed by atoms with Crippen LogP contribution in [0.3, 0.4) is 0 Å². The van der Waals surface area contributed by atoms with Gasteiger partial charge in [-0.3, -0.25) is 9.20 Å². The molecule has 5 heteroatoms. The Balaban J connectivity index is 1.87. The topological polar surface area (TPSA) is 58.8 Å². The minimum atomic E-state index is -0.191. The molecule has 0 aromatic carbocycles. The molecule has 0 saturated heterocycles. The fraction of sp³-hybridized carbons (Fsp3) is 0.438. The number of aryl methyl sites for hydroxylation is 2. The minimum absolute atomic E-state index is 0.191. The van der Waals surface area contributed by atoms with Crippen LogP contribution < -0.4 is 5.43 Å². The van der Waals surface area contributed by atoms with Crippen LogP contribution in [0.2, 0.25) is 0 Å². The monoisotopic (exact) mass is 284 g/mol. The molecule has 1 aliphatic rings. The SMILES string of the molecule is Cc1ccc2nc(C)c(C(=O)NN=C3CCCCC3)n2c1. The first-order valence-electron chi connectivity index (χ1n) is 7.46. The minimum Gasteiger partial charge on any atom is -0.295 e. The lowest BCUT2D eigenvalue weighted by molar-refractivity contribution is 0.0948. The predicted molar refractivity (Wildman–Crippen MR) is 82.7 cm³/mol. The van der Waals surface area contributed by atoms with Crippen LogP contribution >= 0.6 is 0 Å². The van der Waals surface area contributed by atoms with Crippen LogP contribution in [0.25, 0.3) is 5.65 Å². The number of pyridine rings is 1. The molecule has 1 saturated carbocycles. The maximum atomic E-state index is 12.4. The van der Waals surface area contributed by atoms with Gasteiger partial charge in [0.15, 0.2) is 0 Å². The Morgan fingerprint density at radius 3 is 2.76 bits per heavy atom. The summed E-state index contributed by atoms with van der Waals surface area (Å²) in [6.07, 6.45) is 7.51. The number of hydrogen-bond donors (Lipinski definition) is 1. The van der Waals surface area contributed by atoms with Crippen molar-refractivity contribution in [3.63, 3.8) is 0 Å². The molecule has 3 rings (SSSR count). The van der Waals surface area contributed by atoms with Crippen LogP contribution in [0.4, 0.5) is 0 Å². The van der Waals surface area contributed by atoms with Crippen LogP contribution in [-0.4, -0.2) is 21.0 Å². The summed E-state index contributed by atoms with van der Waals surface area (Å²) in [7, 11) is 0. The zero-order valence-electron chi connectivity index (χ0n) is 12.5. The maximum absolute atomic E-state index is 12.4. The van der Waals surface area contributed by atoms with Gasteiger partial charge in [0.25, 0.3) is 5.91 Å². The van der Waals surface area contributed by atoms with Gasteiger partial charge in [0.2, 0.25) is 0 Å². The van der Waals surface area contributed by atoms with E-state index >= 15 is 0 Å². The van der Waals surface area contributed by atoms with Crippen molar-refractivity contribution in [3.05, 3.63) is 35.3 Å². The van der Waals surface area contributed by atoms with Gasteiger partial charge in [0.1, 0.15) is 11.3 Å². The Morgan fingerprint density at radius 1 is 1.24 bits per heavy atom. The summed E-state index contributed by atoms with van der Waals surface area (Å²) < 4.78 is 1.83. The van der Waals surface area contributed by atoms with Crippen molar-refractivity contribution in [3.8, 4) is 0 Å². The van der Waals surface area contributed by atoms with E-state index in [0.29, 0.717) is 5.69 Å². The van der Waals surface area contributed by atoms with E-state index in [-0.39, 0.29) is 5.91 Å². The van der Waals surface area contributed by atoms with Crippen molar-refractivity contribution in [2.24, 2.45) is 5.10 Å². The second kappa shape index (κ2) is 5.68. The van der Waals surface area contributed by atoms with Crippen LogP contribution in [0.1, 0.15) is 53.8 Å². The normalized spacial score (nSPS) is 15.2. The quantitative estimate of drug-likeness (QED) is 0.862. The fourth-order valence-electron chi connectivity index (χ4n) is 2.80. The first kappa shape index (κ1) is 13.8. The second-order valence-electron chi connectivity index (χ2n) is 5.66. The van der Waals surface area contributed by atoms with E-state index in [2.05, 4.69) is 15.5 Å². The maximum Gasteiger partial charge on any atom is 0.290 e. The third kappa shape index (κ3) is 2.82. The van der Waals surface area contributed by atoms with Crippen molar-refractivity contribution in [1.29, 1.82) is 0 Å². The standard InChI is InChI=1S/C16H20N4O/c1-11-8-9-14-17-12(2)15(20(14)10-11)16(21)19-18-13-6-4-3-5-7-13/h8-10H,3-7H2,1-2H3,(H,19,21). The average Bonchev–Trinajstić information content (AvgIpc) is 2.81. The second-order valence-corrected chi connectivity index (χ2v) is 5.66. The molecule has 0 bridgehead atoms. The first-order valence-corrected chi connectivity index (χ1v) is 7.46. The molecule has 2 aromatic rings. The highest BCUT2D eigenvalue weighted by molar-refractivity contribution is 5.96. The summed E-state index contributed by atoms with van der Waals surface area (Å²) in [4.78, 5) is 16.8. The molecule has 110 valence electrons. The van der Waals surface area contributed by atoms with E-state index in [1.54, 1.807) is 0 Å². The van der Waals surface area contributed by atoms with Crippen molar-refractivity contribution < 1.29 is 4.79 Å². The third-order valence-electron chi connectivity index (χ3n) is 3.90. The van der Waals surface area contributed by atoms with E-state index in [1.165, 1.54) is 19.3 Å². The molecule has 0 atom stereocenters. The van der Waals surface area contributed by atoms with E-state index in [0.717, 1.165) is 35.5 Å². The molecular weight excluding hydrogens is 264 g/mol. The summed E-state index contributed by atoms with van der Waals surface area (Å²) >= 11 is 0. The molecule has 2 aromatic heterocycles. The highest BCUT2D eigenvalue weighted by Crippen LogP contribution is 2.15. The van der Waals surface area contributed by atoms with E-state index in [4.69, 9.17) is 0 Å². The molecule has 0 aliphatic heterocycles. The largest absolute Gasteiger partial charge is 0.295 e. The Bertz CT molecular complexity index is 706. The van der Waals surface area contributed by atoms with Crippen LogP contribution in [0.5, 0.6) is 0 Å². The molecule has 2 heterocycles. The fourth-order valence-corrected chi connectivity index (χ4v) is 2.80. The molecule has 1 fully saturated rings. The molecule has 5 nitrogen and oxygen atoms in total. The van der Waals surface area contributed by atoms with Gasteiger partial charge in [-0.1, -0.05) is 12.5 Å².